The molecule has 0 amide bonds. The molecular formula is C21H32O6. The van der Waals surface area contributed by atoms with Gasteiger partial charge in [0.1, 0.15) is 6.10 Å². The quantitative estimate of drug-likeness (QED) is 0.280. The Morgan fingerprint density at radius 2 is 1.89 bits per heavy atom. The summed E-state index contributed by atoms with van der Waals surface area (Å²) >= 11 is 0. The molecule has 2 rings (SSSR count). The largest absolute Gasteiger partial charge is 0.481 e. The number of aliphatic carboxylic acids is 2. The van der Waals surface area contributed by atoms with Crippen molar-refractivity contribution in [2.75, 3.05) is 0 Å². The fourth-order valence-corrected chi connectivity index (χ4v) is 3.94. The van der Waals surface area contributed by atoms with Crippen LogP contribution in [0, 0.1) is 17.8 Å². The summed E-state index contributed by atoms with van der Waals surface area (Å²) in [5.74, 6) is -1.53. The first kappa shape index (κ1) is 21.6. The van der Waals surface area contributed by atoms with E-state index in [0.717, 1.165) is 38.5 Å². The van der Waals surface area contributed by atoms with E-state index in [4.69, 9.17) is 14.9 Å². The molecule has 1 saturated carbocycles. The van der Waals surface area contributed by atoms with Gasteiger partial charge in [0.15, 0.2) is 0 Å². The molecule has 27 heavy (non-hydrogen) atoms. The van der Waals surface area contributed by atoms with Gasteiger partial charge in [0.2, 0.25) is 0 Å². The fourth-order valence-electron chi connectivity index (χ4n) is 3.94. The highest BCUT2D eigenvalue weighted by molar-refractivity contribution is 5.72. The Morgan fingerprint density at radius 1 is 1.11 bits per heavy atom. The Kier molecular flexibility index (Phi) is 9.01. The Hall–Kier alpha value is -1.66. The van der Waals surface area contributed by atoms with Crippen molar-refractivity contribution in [1.82, 2.24) is 0 Å². The van der Waals surface area contributed by atoms with E-state index >= 15 is 0 Å². The van der Waals surface area contributed by atoms with E-state index in [0.29, 0.717) is 12.8 Å². The number of rotatable bonds is 13. The maximum absolute atomic E-state index is 11.5. The molecule has 2 aliphatic rings. The number of carbonyl (C=O) groups is 2. The van der Waals surface area contributed by atoms with Crippen LogP contribution in [0.1, 0.15) is 64.7 Å². The summed E-state index contributed by atoms with van der Waals surface area (Å²) in [4.78, 5) is 32.8. The zero-order valence-electron chi connectivity index (χ0n) is 16.1. The molecule has 0 aromatic rings. The van der Waals surface area contributed by atoms with Gasteiger partial charge in [0.25, 0.3) is 0 Å². The van der Waals surface area contributed by atoms with Crippen LogP contribution in [-0.2, 0) is 19.4 Å². The monoisotopic (exact) mass is 380 g/mol. The summed E-state index contributed by atoms with van der Waals surface area (Å²) in [6, 6.07) is 0. The average molecular weight is 380 g/mol. The average Bonchev–Trinajstić information content (AvgIpc) is 3.22. The van der Waals surface area contributed by atoms with Crippen LogP contribution in [0.4, 0.5) is 0 Å². The van der Waals surface area contributed by atoms with Crippen molar-refractivity contribution in [2.24, 2.45) is 17.8 Å². The second kappa shape index (κ2) is 11.2. The number of hydrogen-bond acceptors (Lipinski definition) is 4. The van der Waals surface area contributed by atoms with Crippen LogP contribution in [0.15, 0.2) is 24.3 Å². The van der Waals surface area contributed by atoms with E-state index in [1.807, 2.05) is 18.2 Å². The van der Waals surface area contributed by atoms with Crippen molar-refractivity contribution in [1.29, 1.82) is 0 Å². The lowest BCUT2D eigenvalue weighted by atomic mass is 9.88. The molecule has 2 unspecified atom stereocenters. The van der Waals surface area contributed by atoms with Crippen LogP contribution in [0.2, 0.25) is 0 Å². The molecule has 2 fully saturated rings. The van der Waals surface area contributed by atoms with Crippen molar-refractivity contribution >= 4 is 11.9 Å². The lowest BCUT2D eigenvalue weighted by Crippen LogP contribution is -2.29. The van der Waals surface area contributed by atoms with Crippen LogP contribution in [0.3, 0.4) is 0 Å². The van der Waals surface area contributed by atoms with Gasteiger partial charge in [0.05, 0.1) is 12.0 Å². The molecule has 5 atom stereocenters. The number of allylic oxidation sites excluding steroid dienone is 2. The van der Waals surface area contributed by atoms with Gasteiger partial charge in [-0.2, -0.15) is 0 Å². The molecule has 2 N–H and O–H groups in total. The van der Waals surface area contributed by atoms with E-state index in [2.05, 4.69) is 13.0 Å². The second-order valence-corrected chi connectivity index (χ2v) is 7.56. The van der Waals surface area contributed by atoms with Gasteiger partial charge in [-0.05, 0) is 25.7 Å². The normalized spacial score (nSPS) is 28.3. The SMILES string of the molecule is CCCCC[C@@H](/C=C/[C@H]1C2CC(OO2)[C@@H]1C/C=C\CCCC(=O)O)C(=O)O. The Labute approximate surface area is 161 Å². The summed E-state index contributed by atoms with van der Waals surface area (Å²) in [6.07, 6.45) is 15.0. The molecule has 2 bridgehead atoms. The minimum absolute atomic E-state index is 0.00162. The van der Waals surface area contributed by atoms with Gasteiger partial charge in [-0.3, -0.25) is 9.59 Å². The Bertz CT molecular complexity index is 541. The third-order valence-electron chi connectivity index (χ3n) is 5.51. The number of fused-ring (bicyclic) bond motifs is 2. The van der Waals surface area contributed by atoms with Gasteiger partial charge in [-0.25, -0.2) is 9.78 Å². The van der Waals surface area contributed by atoms with Crippen molar-refractivity contribution in [3.63, 3.8) is 0 Å². The molecule has 6 nitrogen and oxygen atoms in total. The summed E-state index contributed by atoms with van der Waals surface area (Å²) in [6.45, 7) is 2.11. The maximum Gasteiger partial charge on any atom is 0.310 e. The minimum atomic E-state index is -0.766. The Morgan fingerprint density at radius 3 is 2.59 bits per heavy atom. The highest BCUT2D eigenvalue weighted by Gasteiger charge is 2.49. The van der Waals surface area contributed by atoms with Gasteiger partial charge in [-0.15, -0.1) is 0 Å². The summed E-state index contributed by atoms with van der Waals surface area (Å²) in [5.41, 5.74) is 0. The van der Waals surface area contributed by atoms with Crippen LogP contribution in [0.5, 0.6) is 0 Å². The molecule has 0 spiro atoms. The number of carboxylic acids is 2. The van der Waals surface area contributed by atoms with E-state index in [1.54, 1.807) is 0 Å². The van der Waals surface area contributed by atoms with Gasteiger partial charge in [-0.1, -0.05) is 50.5 Å². The molecule has 6 heteroatoms. The molecule has 1 aliphatic heterocycles. The first-order valence-electron chi connectivity index (χ1n) is 10.1. The molecule has 1 aliphatic carbocycles. The predicted molar refractivity (Wildman–Crippen MR) is 101 cm³/mol. The van der Waals surface area contributed by atoms with E-state index in [-0.39, 0.29) is 30.5 Å². The number of carboxylic acid groups (broad SMARTS) is 2. The third-order valence-corrected chi connectivity index (χ3v) is 5.51. The second-order valence-electron chi connectivity index (χ2n) is 7.56. The van der Waals surface area contributed by atoms with Crippen LogP contribution in [0.25, 0.3) is 0 Å². The molecule has 0 radical (unpaired) electrons. The first-order valence-corrected chi connectivity index (χ1v) is 10.1. The Balaban J connectivity index is 1.88. The summed E-state index contributed by atoms with van der Waals surface area (Å²) in [7, 11) is 0. The van der Waals surface area contributed by atoms with Gasteiger partial charge >= 0.3 is 11.9 Å². The topological polar surface area (TPSA) is 93.1 Å². The fraction of sp³-hybridized carbons (Fsp3) is 0.714. The minimum Gasteiger partial charge on any atom is -0.481 e. The summed E-state index contributed by atoms with van der Waals surface area (Å²) in [5, 5.41) is 18.1. The zero-order chi connectivity index (χ0) is 19.6. The lowest BCUT2D eigenvalue weighted by molar-refractivity contribution is -0.336. The molecule has 0 aromatic carbocycles. The van der Waals surface area contributed by atoms with E-state index in [9.17, 15) is 14.7 Å². The molecule has 0 aromatic heterocycles. The van der Waals surface area contributed by atoms with Crippen LogP contribution < -0.4 is 0 Å². The van der Waals surface area contributed by atoms with E-state index < -0.39 is 17.9 Å². The molecule has 152 valence electrons. The highest BCUT2D eigenvalue weighted by atomic mass is 17.2. The predicted octanol–water partition coefficient (Wildman–Crippen LogP) is 4.36. The van der Waals surface area contributed by atoms with Crippen molar-refractivity contribution in [2.45, 2.75) is 76.9 Å². The molecule has 1 saturated heterocycles. The van der Waals surface area contributed by atoms with Crippen molar-refractivity contribution < 1.29 is 29.6 Å². The maximum atomic E-state index is 11.5. The van der Waals surface area contributed by atoms with Crippen LogP contribution in [-0.4, -0.2) is 34.4 Å². The molecular weight excluding hydrogens is 348 g/mol. The van der Waals surface area contributed by atoms with E-state index in [1.165, 1.54) is 0 Å². The van der Waals surface area contributed by atoms with Gasteiger partial charge < -0.3 is 10.2 Å². The highest BCUT2D eigenvalue weighted by Crippen LogP contribution is 2.45. The standard InChI is InChI=1S/C21H32O6/c1-2-3-6-9-15(21(24)25)12-13-17-16(18-14-19(17)27-26-18)10-7-4-5-8-11-20(22)23/h4,7,12-13,15-19H,2-3,5-6,8-11,14H2,1H3,(H,22,23)(H,24,25)/b7-4-,13-12+/t15-,16+,17+,18?,19?/m0/s1. The van der Waals surface area contributed by atoms with Crippen molar-refractivity contribution in [3.8, 4) is 0 Å². The smallest absolute Gasteiger partial charge is 0.310 e. The van der Waals surface area contributed by atoms with Crippen molar-refractivity contribution in [3.05, 3.63) is 24.3 Å². The molecule has 1 heterocycles. The van der Waals surface area contributed by atoms with Gasteiger partial charge in [0, 0.05) is 24.7 Å². The summed E-state index contributed by atoms with van der Waals surface area (Å²) < 4.78 is 0. The first-order chi connectivity index (χ1) is 13.0. The third kappa shape index (κ3) is 6.78. The number of unbranched alkanes of at least 4 members (excludes halogenated alkanes) is 3. The number of hydrogen-bond donors (Lipinski definition) is 2. The van der Waals surface area contributed by atoms with Crippen LogP contribution >= 0.6 is 0 Å². The zero-order valence-corrected chi connectivity index (χ0v) is 16.1. The lowest BCUT2D eigenvalue weighted by Gasteiger charge is -2.27.